The normalized spacial score (nSPS) is 15.8. The lowest BCUT2D eigenvalue weighted by Crippen LogP contribution is -2.24. The number of phenols is 1. The van der Waals surface area contributed by atoms with Gasteiger partial charge in [-0.15, -0.1) is 0 Å². The van der Waals surface area contributed by atoms with Crippen LogP contribution in [0.15, 0.2) is 24.3 Å². The Balaban J connectivity index is 2.28. The first-order valence-electron chi connectivity index (χ1n) is 10.4. The van der Waals surface area contributed by atoms with Gasteiger partial charge in [0.1, 0.15) is 5.75 Å². The third-order valence-electron chi connectivity index (χ3n) is 5.78. The predicted molar refractivity (Wildman–Crippen MR) is 124 cm³/mol. The van der Waals surface area contributed by atoms with Gasteiger partial charge in [0, 0.05) is 16.7 Å². The molecule has 1 heterocycles. The number of benzene rings is 2. The summed E-state index contributed by atoms with van der Waals surface area (Å²) in [5, 5.41) is 12.3. The van der Waals surface area contributed by atoms with E-state index in [2.05, 4.69) is 41.5 Å². The Morgan fingerprint density at radius 1 is 0.900 bits per heavy atom. The van der Waals surface area contributed by atoms with Gasteiger partial charge in [-0.1, -0.05) is 41.5 Å². The highest BCUT2D eigenvalue weighted by Crippen LogP contribution is 2.43. The van der Waals surface area contributed by atoms with Gasteiger partial charge in [0.25, 0.3) is 5.91 Å². The molecule has 0 atom stereocenters. The maximum absolute atomic E-state index is 13.1. The van der Waals surface area contributed by atoms with Crippen LogP contribution in [0.4, 0.5) is 5.69 Å². The van der Waals surface area contributed by atoms with Crippen LogP contribution in [0.1, 0.15) is 74.9 Å². The predicted octanol–water partition coefficient (Wildman–Crippen LogP) is 6.05. The molecule has 4 nitrogen and oxygen atoms in total. The molecule has 0 fully saturated rings. The van der Waals surface area contributed by atoms with Gasteiger partial charge >= 0.3 is 0 Å². The van der Waals surface area contributed by atoms with Gasteiger partial charge in [-0.25, -0.2) is 0 Å². The van der Waals surface area contributed by atoms with Crippen LogP contribution in [-0.4, -0.2) is 18.1 Å². The number of hydrogen-bond donors (Lipinski definition) is 1. The molecule has 1 aliphatic heterocycles. The molecule has 0 saturated heterocycles. The van der Waals surface area contributed by atoms with Crippen molar-refractivity contribution >= 4 is 23.2 Å². The second kappa shape index (κ2) is 7.28. The molecule has 0 aromatic heterocycles. The van der Waals surface area contributed by atoms with E-state index < -0.39 is 0 Å². The summed E-state index contributed by atoms with van der Waals surface area (Å²) in [5.74, 6) is 0.153. The summed E-state index contributed by atoms with van der Waals surface area (Å²) >= 11 is 0. The van der Waals surface area contributed by atoms with Crippen LogP contribution in [0.5, 0.6) is 5.75 Å². The zero-order valence-corrected chi connectivity index (χ0v) is 19.6. The number of carbonyl (C=O) groups excluding carboxylic acids is 1. The molecule has 4 heteroatoms. The molecule has 1 amide bonds. The van der Waals surface area contributed by atoms with Crippen molar-refractivity contribution in [1.82, 2.24) is 0 Å². The fourth-order valence-corrected chi connectivity index (χ4v) is 3.89. The van der Waals surface area contributed by atoms with Crippen molar-refractivity contribution in [2.75, 3.05) is 12.2 Å². The van der Waals surface area contributed by atoms with Gasteiger partial charge in [0.2, 0.25) is 0 Å². The number of aryl methyl sites for hydroxylation is 2. The monoisotopic (exact) mass is 407 g/mol. The fraction of sp³-hybridized carbons (Fsp3) is 0.423. The Morgan fingerprint density at radius 2 is 1.40 bits per heavy atom. The van der Waals surface area contributed by atoms with Crippen molar-refractivity contribution in [3.05, 3.63) is 57.6 Å². The Bertz CT molecular complexity index is 1010. The van der Waals surface area contributed by atoms with Crippen LogP contribution in [0, 0.1) is 13.8 Å². The first-order valence-corrected chi connectivity index (χ1v) is 10.4. The zero-order valence-electron chi connectivity index (χ0n) is 19.6. The van der Waals surface area contributed by atoms with Gasteiger partial charge in [0.15, 0.2) is 0 Å². The molecule has 1 aliphatic rings. The fourth-order valence-electron chi connectivity index (χ4n) is 3.89. The summed E-state index contributed by atoms with van der Waals surface area (Å²) < 4.78 is 0. The van der Waals surface area contributed by atoms with Crippen LogP contribution in [0.25, 0.3) is 11.6 Å². The third kappa shape index (κ3) is 3.77. The maximum Gasteiger partial charge on any atom is 0.282 e. The first-order chi connectivity index (χ1) is 13.8. The van der Waals surface area contributed by atoms with E-state index in [1.807, 2.05) is 44.2 Å². The Labute approximate surface area is 180 Å². The van der Waals surface area contributed by atoms with E-state index in [-0.39, 0.29) is 16.7 Å². The molecule has 0 saturated carbocycles. The summed E-state index contributed by atoms with van der Waals surface area (Å²) in [4.78, 5) is 18.5. The Morgan fingerprint density at radius 3 is 1.87 bits per heavy atom. The molecule has 0 unspecified atom stereocenters. The second-order valence-electron chi connectivity index (χ2n) is 10.3. The van der Waals surface area contributed by atoms with Crippen LogP contribution in [-0.2, 0) is 20.5 Å². The first kappa shape index (κ1) is 22.1. The highest BCUT2D eigenvalue weighted by molar-refractivity contribution is 6.35. The molecular formula is C26H33NO3. The van der Waals surface area contributed by atoms with E-state index in [1.165, 1.54) is 12.2 Å². The Kier molecular flexibility index (Phi) is 5.36. The van der Waals surface area contributed by atoms with Crippen molar-refractivity contribution < 1.29 is 14.7 Å². The van der Waals surface area contributed by atoms with E-state index in [1.54, 1.807) is 0 Å². The molecule has 0 bridgehead atoms. The van der Waals surface area contributed by atoms with Gasteiger partial charge < -0.3 is 5.11 Å². The lowest BCUT2D eigenvalue weighted by molar-refractivity contribution is -0.118. The van der Waals surface area contributed by atoms with E-state index in [9.17, 15) is 9.90 Å². The largest absolute Gasteiger partial charge is 0.507 e. The van der Waals surface area contributed by atoms with Crippen LogP contribution in [0.2, 0.25) is 0 Å². The quantitative estimate of drug-likeness (QED) is 0.616. The summed E-state index contributed by atoms with van der Waals surface area (Å²) in [5.41, 5.74) is 6.64. The smallest absolute Gasteiger partial charge is 0.282 e. The number of phenolic OH excluding ortho intramolecular Hbond substituents is 1. The summed E-state index contributed by atoms with van der Waals surface area (Å²) in [6.45, 7) is 16.6. The SMILES string of the molecule is CON1C(=O)C(=Cc2cc(C(C)(C)C)c(O)c(C(C)(C)C)c2)c2cc(C)c(C)cc21. The number of rotatable bonds is 2. The van der Waals surface area contributed by atoms with Crippen molar-refractivity contribution in [3.63, 3.8) is 0 Å². The highest BCUT2D eigenvalue weighted by Gasteiger charge is 2.34. The molecule has 160 valence electrons. The van der Waals surface area contributed by atoms with E-state index in [0.717, 1.165) is 39.1 Å². The number of fused-ring (bicyclic) bond motifs is 1. The number of carbonyl (C=O) groups is 1. The number of anilines is 1. The minimum atomic E-state index is -0.234. The van der Waals surface area contributed by atoms with Gasteiger partial charge in [-0.3, -0.25) is 9.63 Å². The molecule has 0 radical (unpaired) electrons. The molecule has 1 N–H and O–H groups in total. The number of nitrogens with zero attached hydrogens (tertiary/aromatic N) is 1. The van der Waals surface area contributed by atoms with Crippen LogP contribution in [0.3, 0.4) is 0 Å². The second-order valence-corrected chi connectivity index (χ2v) is 10.3. The van der Waals surface area contributed by atoms with E-state index in [0.29, 0.717) is 11.3 Å². The Hall–Kier alpha value is -2.59. The molecular weight excluding hydrogens is 374 g/mol. The average Bonchev–Trinajstić information content (AvgIpc) is 2.85. The molecule has 3 rings (SSSR count). The van der Waals surface area contributed by atoms with Crippen molar-refractivity contribution in [2.45, 2.75) is 66.2 Å². The van der Waals surface area contributed by atoms with Gasteiger partial charge in [-0.05, 0) is 71.7 Å². The van der Waals surface area contributed by atoms with E-state index in [4.69, 9.17) is 4.84 Å². The third-order valence-corrected chi connectivity index (χ3v) is 5.78. The van der Waals surface area contributed by atoms with Crippen LogP contribution < -0.4 is 5.06 Å². The van der Waals surface area contributed by atoms with Gasteiger partial charge in [-0.2, -0.15) is 5.06 Å². The maximum atomic E-state index is 13.1. The zero-order chi connectivity index (χ0) is 22.6. The van der Waals surface area contributed by atoms with Crippen molar-refractivity contribution in [1.29, 1.82) is 0 Å². The average molecular weight is 408 g/mol. The standard InChI is InChI=1S/C26H33NO3/c1-15-10-18-19(24(29)27(30-9)22(18)11-16(15)2)12-17-13-20(25(3,4)5)23(28)21(14-17)26(6,7)8/h10-14,28H,1-9H3. The molecule has 0 aliphatic carbocycles. The number of hydroxylamine groups is 1. The highest BCUT2D eigenvalue weighted by atomic mass is 16.7. The molecule has 2 aromatic carbocycles. The summed E-state index contributed by atoms with van der Waals surface area (Å²) in [6.07, 6.45) is 1.92. The van der Waals surface area contributed by atoms with Crippen LogP contribution >= 0.6 is 0 Å². The minimum Gasteiger partial charge on any atom is -0.507 e. The lowest BCUT2D eigenvalue weighted by atomic mass is 9.78. The van der Waals surface area contributed by atoms with Crippen molar-refractivity contribution in [3.8, 4) is 5.75 Å². The summed E-state index contributed by atoms with van der Waals surface area (Å²) in [7, 11) is 1.51. The van der Waals surface area contributed by atoms with E-state index >= 15 is 0 Å². The molecule has 0 spiro atoms. The van der Waals surface area contributed by atoms with Gasteiger partial charge in [0.05, 0.1) is 18.4 Å². The topological polar surface area (TPSA) is 49.8 Å². The molecule has 30 heavy (non-hydrogen) atoms. The minimum absolute atomic E-state index is 0.180. The molecule has 2 aromatic rings. The number of hydrogen-bond acceptors (Lipinski definition) is 3. The summed E-state index contributed by atoms with van der Waals surface area (Å²) in [6, 6.07) is 8.01. The van der Waals surface area contributed by atoms with Crippen molar-refractivity contribution in [2.24, 2.45) is 0 Å². The number of amides is 1. The lowest BCUT2D eigenvalue weighted by Gasteiger charge is -2.28. The number of aromatic hydroxyl groups is 1.